The monoisotopic (exact) mass is 447 g/mol. The number of carboxylic acid groups (broad SMARTS) is 1. The van der Waals surface area contributed by atoms with Crippen LogP contribution in [0, 0.1) is 12.7 Å². The summed E-state index contributed by atoms with van der Waals surface area (Å²) in [7, 11) is 0. The molecule has 3 aromatic rings. The van der Waals surface area contributed by atoms with Gasteiger partial charge in [0.05, 0.1) is 16.3 Å². The second-order valence-corrected chi connectivity index (χ2v) is 9.37. The summed E-state index contributed by atoms with van der Waals surface area (Å²) in [6, 6.07) is 2.49. The Morgan fingerprint density at radius 2 is 2.03 bits per heavy atom. The summed E-state index contributed by atoms with van der Waals surface area (Å²) in [6.07, 6.45) is 6.31. The number of aryl methyl sites for hydroxylation is 1. The second kappa shape index (κ2) is 8.79. The largest absolute Gasteiger partial charge is 0.507 e. The Labute approximate surface area is 181 Å². The van der Waals surface area contributed by atoms with Crippen molar-refractivity contribution in [2.75, 3.05) is 0 Å². The number of hydrogen-bond acceptors (Lipinski definition) is 7. The number of halogens is 1. The van der Waals surface area contributed by atoms with Gasteiger partial charge in [0, 0.05) is 23.5 Å². The standard InChI is InChI=1S/C21H22FN3O3S2/c1-11-19(30-18(24-11)9-23-12-5-3-2-4-6-12)16-10-29-20(25-16)13-8-17(26)14(21(27)28)7-15(13)22/h7-8,10,12,23,26H,2-6,9H2,1H3,(H,27,28). The van der Waals surface area contributed by atoms with Crippen molar-refractivity contribution in [2.45, 2.75) is 51.6 Å². The number of carbonyl (C=O) groups is 1. The van der Waals surface area contributed by atoms with Crippen LogP contribution in [0.5, 0.6) is 5.75 Å². The highest BCUT2D eigenvalue weighted by Crippen LogP contribution is 2.36. The minimum atomic E-state index is -1.38. The van der Waals surface area contributed by atoms with Gasteiger partial charge in [-0.1, -0.05) is 19.3 Å². The minimum Gasteiger partial charge on any atom is -0.507 e. The molecule has 0 unspecified atom stereocenters. The van der Waals surface area contributed by atoms with E-state index in [1.807, 2.05) is 12.3 Å². The first-order valence-corrected chi connectivity index (χ1v) is 11.5. The third-order valence-corrected chi connectivity index (χ3v) is 7.33. The van der Waals surface area contributed by atoms with Gasteiger partial charge in [-0.15, -0.1) is 22.7 Å². The first-order chi connectivity index (χ1) is 14.4. The Kier molecular flexibility index (Phi) is 6.12. The number of carboxylic acids is 1. The molecule has 30 heavy (non-hydrogen) atoms. The van der Waals surface area contributed by atoms with Gasteiger partial charge in [-0.05, 0) is 31.9 Å². The summed E-state index contributed by atoms with van der Waals surface area (Å²) in [6.45, 7) is 2.66. The molecule has 1 aliphatic carbocycles. The van der Waals surface area contributed by atoms with Crippen LogP contribution in [-0.2, 0) is 6.54 Å². The molecule has 0 atom stereocenters. The molecule has 0 radical (unpaired) electrons. The van der Waals surface area contributed by atoms with Crippen molar-refractivity contribution in [3.63, 3.8) is 0 Å². The Morgan fingerprint density at radius 3 is 2.77 bits per heavy atom. The number of benzene rings is 1. The average molecular weight is 448 g/mol. The molecule has 1 saturated carbocycles. The molecule has 0 spiro atoms. The van der Waals surface area contributed by atoms with Crippen molar-refractivity contribution >= 4 is 28.6 Å². The van der Waals surface area contributed by atoms with Gasteiger partial charge in [-0.2, -0.15) is 0 Å². The van der Waals surface area contributed by atoms with Crippen molar-refractivity contribution in [2.24, 2.45) is 0 Å². The zero-order valence-electron chi connectivity index (χ0n) is 16.4. The average Bonchev–Trinajstić information content (AvgIpc) is 3.35. The molecule has 0 bridgehead atoms. The Balaban J connectivity index is 1.53. The number of thiazole rings is 2. The van der Waals surface area contributed by atoms with Crippen molar-refractivity contribution in [3.05, 3.63) is 39.6 Å². The molecule has 2 aromatic heterocycles. The Bertz CT molecular complexity index is 1070. The quantitative estimate of drug-likeness (QED) is 0.480. The number of nitrogens with zero attached hydrogens (tertiary/aromatic N) is 2. The molecular formula is C21H22FN3O3S2. The SMILES string of the molecule is Cc1nc(CNC2CCCCC2)sc1-c1csc(-c2cc(O)c(C(=O)O)cc2F)n1. The van der Waals surface area contributed by atoms with Gasteiger partial charge < -0.3 is 15.5 Å². The van der Waals surface area contributed by atoms with E-state index >= 15 is 0 Å². The fourth-order valence-corrected chi connectivity index (χ4v) is 5.58. The van der Waals surface area contributed by atoms with E-state index in [9.17, 15) is 14.3 Å². The minimum absolute atomic E-state index is 0.0788. The summed E-state index contributed by atoms with van der Waals surface area (Å²) < 4.78 is 14.4. The van der Waals surface area contributed by atoms with Crippen LogP contribution in [0.2, 0.25) is 0 Å². The second-order valence-electron chi connectivity index (χ2n) is 7.43. The molecule has 9 heteroatoms. The fraction of sp³-hybridized carbons (Fsp3) is 0.381. The van der Waals surface area contributed by atoms with Crippen LogP contribution in [0.1, 0.15) is 53.2 Å². The number of nitrogens with one attached hydrogen (secondary N) is 1. The molecule has 0 amide bonds. The van der Waals surface area contributed by atoms with Gasteiger partial charge in [-0.3, -0.25) is 0 Å². The van der Waals surface area contributed by atoms with E-state index in [2.05, 4.69) is 15.3 Å². The van der Waals surface area contributed by atoms with Crippen molar-refractivity contribution < 1.29 is 19.4 Å². The van der Waals surface area contributed by atoms with Crippen LogP contribution in [-0.4, -0.2) is 32.2 Å². The molecule has 3 N–H and O–H groups in total. The van der Waals surface area contributed by atoms with Gasteiger partial charge in [0.25, 0.3) is 0 Å². The molecule has 0 saturated heterocycles. The van der Waals surface area contributed by atoms with Gasteiger partial charge in [0.1, 0.15) is 27.1 Å². The third kappa shape index (κ3) is 4.38. The summed E-state index contributed by atoms with van der Waals surface area (Å²) in [4.78, 5) is 21.2. The smallest absolute Gasteiger partial charge is 0.339 e. The van der Waals surface area contributed by atoms with Crippen molar-refractivity contribution in [1.29, 1.82) is 0 Å². The van der Waals surface area contributed by atoms with Gasteiger partial charge in [0.15, 0.2) is 0 Å². The van der Waals surface area contributed by atoms with Gasteiger partial charge in [-0.25, -0.2) is 19.2 Å². The number of aromatic nitrogens is 2. The molecule has 1 fully saturated rings. The maximum atomic E-state index is 14.4. The van der Waals surface area contributed by atoms with Crippen LogP contribution in [0.4, 0.5) is 4.39 Å². The van der Waals surface area contributed by atoms with E-state index in [4.69, 9.17) is 5.11 Å². The first-order valence-electron chi connectivity index (χ1n) is 9.84. The van der Waals surface area contributed by atoms with Crippen LogP contribution >= 0.6 is 22.7 Å². The van der Waals surface area contributed by atoms with E-state index in [1.54, 1.807) is 11.3 Å². The van der Waals surface area contributed by atoms with Crippen LogP contribution in [0.25, 0.3) is 21.1 Å². The summed E-state index contributed by atoms with van der Waals surface area (Å²) in [5, 5.41) is 25.7. The number of aromatic carboxylic acids is 1. The lowest BCUT2D eigenvalue weighted by Gasteiger charge is -2.22. The summed E-state index contributed by atoms with van der Waals surface area (Å²) in [5.41, 5.74) is 1.19. The van der Waals surface area contributed by atoms with Crippen LogP contribution < -0.4 is 5.32 Å². The molecule has 1 aliphatic rings. The maximum absolute atomic E-state index is 14.4. The maximum Gasteiger partial charge on any atom is 0.339 e. The highest BCUT2D eigenvalue weighted by atomic mass is 32.1. The highest BCUT2D eigenvalue weighted by molar-refractivity contribution is 7.16. The molecule has 4 rings (SSSR count). The Morgan fingerprint density at radius 1 is 1.27 bits per heavy atom. The van der Waals surface area contributed by atoms with E-state index in [0.717, 1.165) is 34.3 Å². The molecule has 1 aromatic carbocycles. The van der Waals surface area contributed by atoms with Crippen molar-refractivity contribution in [1.82, 2.24) is 15.3 Å². The normalized spacial score (nSPS) is 14.9. The predicted octanol–water partition coefficient (Wildman–Crippen LogP) is 5.21. The zero-order chi connectivity index (χ0) is 21.3. The lowest BCUT2D eigenvalue weighted by Crippen LogP contribution is -2.30. The van der Waals surface area contributed by atoms with Gasteiger partial charge in [0.2, 0.25) is 0 Å². The van der Waals surface area contributed by atoms with Crippen LogP contribution in [0.15, 0.2) is 17.5 Å². The van der Waals surface area contributed by atoms with E-state index in [-0.39, 0.29) is 5.56 Å². The van der Waals surface area contributed by atoms with Crippen molar-refractivity contribution in [3.8, 4) is 26.9 Å². The number of aromatic hydroxyl groups is 1. The lowest BCUT2D eigenvalue weighted by molar-refractivity contribution is 0.0693. The Hall–Kier alpha value is -2.36. The summed E-state index contributed by atoms with van der Waals surface area (Å²) in [5.74, 6) is -2.60. The van der Waals surface area contributed by atoms with E-state index < -0.39 is 23.1 Å². The topological polar surface area (TPSA) is 95.3 Å². The van der Waals surface area contributed by atoms with E-state index in [0.29, 0.717) is 16.7 Å². The zero-order valence-corrected chi connectivity index (χ0v) is 18.1. The number of rotatable bonds is 6. The lowest BCUT2D eigenvalue weighted by atomic mass is 9.96. The molecule has 158 valence electrons. The third-order valence-electron chi connectivity index (χ3n) is 5.27. The van der Waals surface area contributed by atoms with E-state index in [1.165, 1.54) is 43.4 Å². The summed E-state index contributed by atoms with van der Waals surface area (Å²) >= 11 is 2.82. The number of phenols is 1. The molecule has 6 nitrogen and oxygen atoms in total. The molecule has 2 heterocycles. The number of hydrogen-bond donors (Lipinski definition) is 3. The first kappa shape index (κ1) is 20.9. The molecular weight excluding hydrogens is 425 g/mol. The highest BCUT2D eigenvalue weighted by Gasteiger charge is 2.20. The molecule has 0 aliphatic heterocycles. The van der Waals surface area contributed by atoms with Gasteiger partial charge >= 0.3 is 5.97 Å². The fourth-order valence-electron chi connectivity index (χ4n) is 3.70. The van der Waals surface area contributed by atoms with Crippen LogP contribution in [0.3, 0.4) is 0 Å². The predicted molar refractivity (Wildman–Crippen MR) is 116 cm³/mol.